The van der Waals surface area contributed by atoms with Gasteiger partial charge in [-0.1, -0.05) is 6.07 Å². The second-order valence-corrected chi connectivity index (χ2v) is 4.49. The van der Waals surface area contributed by atoms with E-state index < -0.39 is 16.9 Å². The van der Waals surface area contributed by atoms with Crippen LogP contribution in [0.5, 0.6) is 0 Å². The Morgan fingerprint density at radius 2 is 2.05 bits per heavy atom. The Bertz CT molecular complexity index is 545. The summed E-state index contributed by atoms with van der Waals surface area (Å²) in [6.07, 6.45) is 1.09. The first-order chi connectivity index (χ1) is 9.90. The van der Waals surface area contributed by atoms with E-state index in [0.29, 0.717) is 30.6 Å². The molecule has 0 fully saturated rings. The summed E-state index contributed by atoms with van der Waals surface area (Å²) in [6, 6.07) is 3.94. The number of carbonyl (C=O) groups is 2. The minimum Gasteiger partial charge on any atom is -0.481 e. The molecule has 0 aliphatic rings. The predicted molar refractivity (Wildman–Crippen MR) is 76.3 cm³/mol. The number of rotatable bonds is 7. The van der Waals surface area contributed by atoms with Gasteiger partial charge in [0.1, 0.15) is 0 Å². The van der Waals surface area contributed by atoms with E-state index in [1.54, 1.807) is 19.1 Å². The molecule has 8 heteroatoms. The molecule has 0 aromatic heterocycles. The van der Waals surface area contributed by atoms with Gasteiger partial charge in [-0.05, 0) is 25.8 Å². The molecular formula is C13H17N3O5. The molecule has 0 spiro atoms. The van der Waals surface area contributed by atoms with Crippen LogP contribution in [0, 0.1) is 17.0 Å². The first kappa shape index (κ1) is 16.4. The number of hydrogen-bond acceptors (Lipinski definition) is 4. The van der Waals surface area contributed by atoms with E-state index in [-0.39, 0.29) is 12.1 Å². The molecule has 0 atom stereocenters. The summed E-state index contributed by atoms with van der Waals surface area (Å²) in [5, 5.41) is 24.3. The van der Waals surface area contributed by atoms with Crippen molar-refractivity contribution in [1.82, 2.24) is 5.32 Å². The lowest BCUT2D eigenvalue weighted by molar-refractivity contribution is -0.385. The van der Waals surface area contributed by atoms with Crippen LogP contribution in [0.4, 0.5) is 16.2 Å². The number of amides is 2. The molecule has 0 aliphatic carbocycles. The lowest BCUT2D eigenvalue weighted by atomic mass is 10.2. The molecule has 0 aliphatic heterocycles. The first-order valence-corrected chi connectivity index (χ1v) is 6.42. The maximum absolute atomic E-state index is 11.6. The third kappa shape index (κ3) is 5.89. The van der Waals surface area contributed by atoms with Crippen LogP contribution in [-0.2, 0) is 4.79 Å². The number of benzene rings is 1. The number of aryl methyl sites for hydroxylation is 1. The Kier molecular flexibility index (Phi) is 6.12. The molecule has 1 aromatic carbocycles. The first-order valence-electron chi connectivity index (χ1n) is 6.42. The number of anilines is 1. The number of unbranched alkanes of at least 4 members (excludes halogenated alkanes) is 1. The third-order valence-corrected chi connectivity index (χ3v) is 2.77. The molecule has 21 heavy (non-hydrogen) atoms. The number of nitrogens with one attached hydrogen (secondary N) is 2. The minimum atomic E-state index is -0.869. The zero-order chi connectivity index (χ0) is 15.8. The molecule has 114 valence electrons. The van der Waals surface area contributed by atoms with E-state index in [2.05, 4.69) is 10.6 Å². The molecule has 0 heterocycles. The third-order valence-electron chi connectivity index (χ3n) is 2.77. The van der Waals surface area contributed by atoms with E-state index in [1.807, 2.05) is 0 Å². The molecule has 0 saturated carbocycles. The molecule has 0 bridgehead atoms. The Labute approximate surface area is 121 Å². The number of nitro groups is 1. The van der Waals surface area contributed by atoms with E-state index >= 15 is 0 Å². The Morgan fingerprint density at radius 3 is 2.67 bits per heavy atom. The molecule has 0 unspecified atom stereocenters. The molecule has 1 rings (SSSR count). The smallest absolute Gasteiger partial charge is 0.319 e. The molecule has 3 N–H and O–H groups in total. The van der Waals surface area contributed by atoms with Gasteiger partial charge in [-0.2, -0.15) is 0 Å². The van der Waals surface area contributed by atoms with Crippen LogP contribution >= 0.6 is 0 Å². The minimum absolute atomic E-state index is 0.0609. The summed E-state index contributed by atoms with van der Waals surface area (Å²) >= 11 is 0. The van der Waals surface area contributed by atoms with Crippen LogP contribution in [-0.4, -0.2) is 28.6 Å². The second-order valence-electron chi connectivity index (χ2n) is 4.49. The molecule has 0 radical (unpaired) electrons. The van der Waals surface area contributed by atoms with Crippen molar-refractivity contribution < 1.29 is 19.6 Å². The van der Waals surface area contributed by atoms with Crippen molar-refractivity contribution in [2.45, 2.75) is 26.2 Å². The molecule has 2 amide bonds. The summed E-state index contributed by atoms with van der Waals surface area (Å²) in [6.45, 7) is 1.96. The van der Waals surface area contributed by atoms with E-state index in [9.17, 15) is 19.7 Å². The van der Waals surface area contributed by atoms with Crippen molar-refractivity contribution in [1.29, 1.82) is 0 Å². The molecule has 0 saturated heterocycles. The summed E-state index contributed by atoms with van der Waals surface area (Å²) in [5.74, 6) is -0.869. The fourth-order valence-electron chi connectivity index (χ4n) is 1.66. The number of carboxylic acid groups (broad SMARTS) is 1. The maximum atomic E-state index is 11.6. The van der Waals surface area contributed by atoms with Gasteiger partial charge in [0.15, 0.2) is 0 Å². The lowest BCUT2D eigenvalue weighted by Gasteiger charge is -2.08. The van der Waals surface area contributed by atoms with Crippen LogP contribution in [0.2, 0.25) is 0 Å². The lowest BCUT2D eigenvalue weighted by Crippen LogP contribution is -2.29. The number of urea groups is 1. The number of hydrogen-bond donors (Lipinski definition) is 3. The number of carboxylic acids is 1. The fraction of sp³-hybridized carbons (Fsp3) is 0.385. The van der Waals surface area contributed by atoms with Crippen molar-refractivity contribution in [3.05, 3.63) is 33.9 Å². The highest BCUT2D eigenvalue weighted by molar-refractivity contribution is 5.89. The average Bonchev–Trinajstić information content (AvgIpc) is 2.40. The number of aliphatic carboxylic acids is 1. The number of nitro benzene ring substituents is 1. The van der Waals surface area contributed by atoms with E-state index in [4.69, 9.17) is 5.11 Å². The largest absolute Gasteiger partial charge is 0.481 e. The van der Waals surface area contributed by atoms with Crippen molar-refractivity contribution in [2.75, 3.05) is 11.9 Å². The highest BCUT2D eigenvalue weighted by atomic mass is 16.6. The SMILES string of the molecule is Cc1ccc(NC(=O)NCCCCC(=O)O)cc1[N+](=O)[O-]. The van der Waals surface area contributed by atoms with Crippen LogP contribution in [0.1, 0.15) is 24.8 Å². The second kappa shape index (κ2) is 7.83. The zero-order valence-corrected chi connectivity index (χ0v) is 11.6. The molecule has 8 nitrogen and oxygen atoms in total. The van der Waals surface area contributed by atoms with Crippen molar-refractivity contribution >= 4 is 23.4 Å². The van der Waals surface area contributed by atoms with Gasteiger partial charge >= 0.3 is 12.0 Å². The van der Waals surface area contributed by atoms with Crippen molar-refractivity contribution in [3.8, 4) is 0 Å². The maximum Gasteiger partial charge on any atom is 0.319 e. The number of nitrogens with zero attached hydrogens (tertiary/aromatic N) is 1. The highest BCUT2D eigenvalue weighted by Gasteiger charge is 2.12. The Balaban J connectivity index is 2.43. The average molecular weight is 295 g/mol. The monoisotopic (exact) mass is 295 g/mol. The standard InChI is InChI=1S/C13H17N3O5/c1-9-5-6-10(8-11(9)16(20)21)15-13(19)14-7-3-2-4-12(17)18/h5-6,8H,2-4,7H2,1H3,(H,17,18)(H2,14,15,19). The normalized spacial score (nSPS) is 9.95. The van der Waals surface area contributed by atoms with Gasteiger partial charge in [0.05, 0.1) is 4.92 Å². The predicted octanol–water partition coefficient (Wildman–Crippen LogP) is 2.28. The number of carbonyl (C=O) groups excluding carboxylic acids is 1. The summed E-state index contributed by atoms with van der Waals surface area (Å²) < 4.78 is 0. The highest BCUT2D eigenvalue weighted by Crippen LogP contribution is 2.22. The van der Waals surface area contributed by atoms with Gasteiger partial charge in [-0.15, -0.1) is 0 Å². The summed E-state index contributed by atoms with van der Waals surface area (Å²) in [7, 11) is 0. The Morgan fingerprint density at radius 1 is 1.33 bits per heavy atom. The van der Waals surface area contributed by atoms with Gasteiger partial charge in [0.2, 0.25) is 0 Å². The van der Waals surface area contributed by atoms with Crippen molar-refractivity contribution in [2.24, 2.45) is 0 Å². The quantitative estimate of drug-likeness (QED) is 0.404. The zero-order valence-electron chi connectivity index (χ0n) is 11.6. The molecule has 1 aromatic rings. The Hall–Kier alpha value is -2.64. The van der Waals surface area contributed by atoms with E-state index in [0.717, 1.165) is 0 Å². The van der Waals surface area contributed by atoms with Gasteiger partial charge in [-0.3, -0.25) is 14.9 Å². The van der Waals surface area contributed by atoms with Crippen LogP contribution < -0.4 is 10.6 Å². The molecular weight excluding hydrogens is 278 g/mol. The van der Waals surface area contributed by atoms with Crippen LogP contribution in [0.3, 0.4) is 0 Å². The summed E-state index contributed by atoms with van der Waals surface area (Å²) in [4.78, 5) is 32.1. The summed E-state index contributed by atoms with van der Waals surface area (Å²) in [5.41, 5.74) is 0.782. The van der Waals surface area contributed by atoms with Gasteiger partial charge in [0.25, 0.3) is 5.69 Å². The fourth-order valence-corrected chi connectivity index (χ4v) is 1.66. The van der Waals surface area contributed by atoms with Gasteiger partial charge in [-0.25, -0.2) is 4.79 Å². The van der Waals surface area contributed by atoms with E-state index in [1.165, 1.54) is 6.07 Å². The van der Waals surface area contributed by atoms with Crippen LogP contribution in [0.15, 0.2) is 18.2 Å². The topological polar surface area (TPSA) is 122 Å². The van der Waals surface area contributed by atoms with Gasteiger partial charge < -0.3 is 15.7 Å². The van der Waals surface area contributed by atoms with Crippen molar-refractivity contribution in [3.63, 3.8) is 0 Å². The van der Waals surface area contributed by atoms with Crippen LogP contribution in [0.25, 0.3) is 0 Å². The van der Waals surface area contributed by atoms with Gasteiger partial charge in [0, 0.05) is 30.3 Å².